The van der Waals surface area contributed by atoms with Crippen LogP contribution in [0.3, 0.4) is 0 Å². The average Bonchev–Trinajstić information content (AvgIpc) is 3.60. The maximum absolute atomic E-state index is 12.9. The third-order valence-corrected chi connectivity index (χ3v) is 8.55. The monoisotopic (exact) mass is 584 g/mol. The van der Waals surface area contributed by atoms with Crippen LogP contribution in [-0.2, 0) is 14.8 Å². The summed E-state index contributed by atoms with van der Waals surface area (Å²) in [5.41, 5.74) is 1.53. The zero-order valence-electron chi connectivity index (χ0n) is 20.5. The Labute approximate surface area is 230 Å². The van der Waals surface area contributed by atoms with Crippen LogP contribution in [0.1, 0.15) is 5.76 Å². The molecule has 0 spiro atoms. The third kappa shape index (κ3) is 5.74. The second-order valence-electron chi connectivity index (χ2n) is 8.32. The fourth-order valence-electron chi connectivity index (χ4n) is 3.80. The molecule has 0 bridgehead atoms. The number of hydrogen-bond donors (Lipinski definition) is 0. The van der Waals surface area contributed by atoms with Gasteiger partial charge in [0.25, 0.3) is 5.69 Å². The van der Waals surface area contributed by atoms with Gasteiger partial charge >= 0.3 is 5.88 Å². The number of thiazole rings is 1. The van der Waals surface area contributed by atoms with Gasteiger partial charge in [-0.05, 0) is 42.5 Å². The third-order valence-electron chi connectivity index (χ3n) is 5.82. The molecule has 0 unspecified atom stereocenters. The highest BCUT2D eigenvalue weighted by molar-refractivity contribution is 7.89. The number of nitro groups is 2. The number of morpholine rings is 1. The fourth-order valence-corrected chi connectivity index (χ4v) is 6.07. The van der Waals surface area contributed by atoms with Gasteiger partial charge in [-0.25, -0.2) is 18.1 Å². The first-order valence-electron chi connectivity index (χ1n) is 11.7. The normalized spacial score (nSPS) is 15.1. The zero-order chi connectivity index (χ0) is 28.3. The van der Waals surface area contributed by atoms with E-state index in [4.69, 9.17) is 9.15 Å². The topological polar surface area (TPSA) is 176 Å². The summed E-state index contributed by atoms with van der Waals surface area (Å²) in [7, 11) is -3.67. The highest BCUT2D eigenvalue weighted by atomic mass is 32.2. The standard InChI is InChI=1S/C24H20N6O8S2/c31-29(32)19-5-1-17(2-6-19)22-16-39-24(28(22)25-15-20-7-10-23(38-20)30(33)34)26-18-3-8-21(9-4-18)40(35,36)27-11-13-37-14-12-27/h1-10,15-16H,11-14H2. The van der Waals surface area contributed by atoms with Crippen LogP contribution in [0, 0.1) is 20.2 Å². The van der Waals surface area contributed by atoms with Crippen molar-refractivity contribution in [2.45, 2.75) is 4.90 Å². The van der Waals surface area contributed by atoms with Crippen molar-refractivity contribution in [2.75, 3.05) is 26.3 Å². The van der Waals surface area contributed by atoms with Gasteiger partial charge in [-0.15, -0.1) is 11.3 Å². The summed E-state index contributed by atoms with van der Waals surface area (Å²) in [6.07, 6.45) is 1.28. The lowest BCUT2D eigenvalue weighted by Gasteiger charge is -2.26. The van der Waals surface area contributed by atoms with Crippen molar-refractivity contribution in [3.05, 3.63) is 96.8 Å². The van der Waals surface area contributed by atoms with E-state index in [-0.39, 0.29) is 29.4 Å². The molecule has 40 heavy (non-hydrogen) atoms. The van der Waals surface area contributed by atoms with Crippen LogP contribution in [-0.4, -0.2) is 59.8 Å². The van der Waals surface area contributed by atoms with Gasteiger partial charge in [0.05, 0.1) is 46.7 Å². The van der Waals surface area contributed by atoms with Gasteiger partial charge in [0.1, 0.15) is 4.92 Å². The Morgan fingerprint density at radius 2 is 1.62 bits per heavy atom. The molecule has 1 fully saturated rings. The van der Waals surface area contributed by atoms with E-state index in [0.29, 0.717) is 35.0 Å². The van der Waals surface area contributed by atoms with Crippen LogP contribution >= 0.6 is 11.3 Å². The first kappa shape index (κ1) is 27.1. The molecule has 14 nitrogen and oxygen atoms in total. The minimum Gasteiger partial charge on any atom is -0.400 e. The van der Waals surface area contributed by atoms with Crippen molar-refractivity contribution < 1.29 is 27.4 Å². The molecule has 1 saturated heterocycles. The SMILES string of the molecule is O=[N+]([O-])c1ccc(-c2csc(=Nc3ccc(S(=O)(=O)N4CCOCC4)cc3)n2N=Cc2ccc([N+](=O)[O-])o2)cc1. The number of nitro benzene ring substituents is 1. The first-order valence-corrected chi connectivity index (χ1v) is 14.0. The maximum Gasteiger partial charge on any atom is 0.433 e. The molecule has 4 aromatic rings. The maximum atomic E-state index is 12.9. The smallest absolute Gasteiger partial charge is 0.400 e. The average molecular weight is 585 g/mol. The number of nitrogens with zero attached hydrogens (tertiary/aromatic N) is 6. The lowest BCUT2D eigenvalue weighted by molar-refractivity contribution is -0.402. The Morgan fingerprint density at radius 3 is 2.25 bits per heavy atom. The molecule has 1 aliphatic heterocycles. The molecule has 16 heteroatoms. The highest BCUT2D eigenvalue weighted by Crippen LogP contribution is 2.25. The molecule has 0 atom stereocenters. The molecule has 0 radical (unpaired) electrons. The summed E-state index contributed by atoms with van der Waals surface area (Å²) < 4.78 is 39.1. The fraction of sp³-hybridized carbons (Fsp3) is 0.167. The second kappa shape index (κ2) is 11.3. The Bertz CT molecular complexity index is 1750. The number of hydrogen-bond acceptors (Lipinski definition) is 11. The highest BCUT2D eigenvalue weighted by Gasteiger charge is 2.26. The van der Waals surface area contributed by atoms with Gasteiger partial charge in [0.2, 0.25) is 14.8 Å². The lowest BCUT2D eigenvalue weighted by atomic mass is 10.1. The van der Waals surface area contributed by atoms with E-state index in [1.807, 2.05) is 0 Å². The summed E-state index contributed by atoms with van der Waals surface area (Å²) in [5.74, 6) is -0.312. The quantitative estimate of drug-likeness (QED) is 0.171. The molecule has 1 aliphatic rings. The van der Waals surface area contributed by atoms with Crippen LogP contribution in [0.25, 0.3) is 11.3 Å². The molecular formula is C24H20N6O8S2. The van der Waals surface area contributed by atoms with Crippen LogP contribution in [0.15, 0.2) is 85.5 Å². The van der Waals surface area contributed by atoms with Gasteiger partial charge in [-0.1, -0.05) is 0 Å². The lowest BCUT2D eigenvalue weighted by Crippen LogP contribution is -2.40. The van der Waals surface area contributed by atoms with E-state index in [2.05, 4.69) is 10.1 Å². The molecule has 0 amide bonds. The molecular weight excluding hydrogens is 564 g/mol. The minimum absolute atomic E-state index is 0.0750. The van der Waals surface area contributed by atoms with E-state index >= 15 is 0 Å². The molecule has 206 valence electrons. The van der Waals surface area contributed by atoms with Crippen LogP contribution in [0.5, 0.6) is 0 Å². The van der Waals surface area contributed by atoms with Crippen molar-refractivity contribution in [2.24, 2.45) is 10.1 Å². The Kier molecular flexibility index (Phi) is 7.65. The Morgan fingerprint density at radius 1 is 0.925 bits per heavy atom. The predicted octanol–water partition coefficient (Wildman–Crippen LogP) is 3.76. The molecule has 3 heterocycles. The number of aromatic nitrogens is 1. The van der Waals surface area contributed by atoms with E-state index in [0.717, 1.165) is 0 Å². The first-order chi connectivity index (χ1) is 19.2. The van der Waals surface area contributed by atoms with E-state index in [1.165, 1.54) is 62.9 Å². The number of furan rings is 1. The number of benzene rings is 2. The number of non-ortho nitro benzene ring substituents is 1. The van der Waals surface area contributed by atoms with Gasteiger partial charge in [-0.3, -0.25) is 20.2 Å². The number of sulfonamides is 1. The van der Waals surface area contributed by atoms with Crippen molar-refractivity contribution in [1.29, 1.82) is 0 Å². The molecule has 2 aromatic carbocycles. The summed E-state index contributed by atoms with van der Waals surface area (Å²) in [6.45, 7) is 1.25. The Hall–Kier alpha value is -4.51. The van der Waals surface area contributed by atoms with Crippen molar-refractivity contribution >= 4 is 44.8 Å². The Balaban J connectivity index is 1.52. The zero-order valence-corrected chi connectivity index (χ0v) is 22.2. The predicted molar refractivity (Wildman–Crippen MR) is 144 cm³/mol. The van der Waals surface area contributed by atoms with Gasteiger partial charge in [-0.2, -0.15) is 9.41 Å². The summed E-state index contributed by atoms with van der Waals surface area (Å²) in [5, 5.41) is 28.2. The molecule has 2 aromatic heterocycles. The van der Waals surface area contributed by atoms with Crippen molar-refractivity contribution in [3.63, 3.8) is 0 Å². The molecule has 0 saturated carbocycles. The van der Waals surface area contributed by atoms with E-state index in [1.54, 1.807) is 29.6 Å². The minimum atomic E-state index is -3.67. The number of ether oxygens (including phenoxy) is 1. The molecule has 5 rings (SSSR count). The van der Waals surface area contributed by atoms with E-state index in [9.17, 15) is 28.6 Å². The van der Waals surface area contributed by atoms with Crippen LogP contribution in [0.4, 0.5) is 17.3 Å². The molecule has 0 N–H and O–H groups in total. The summed E-state index contributed by atoms with van der Waals surface area (Å²) >= 11 is 1.22. The van der Waals surface area contributed by atoms with E-state index < -0.39 is 25.8 Å². The van der Waals surface area contributed by atoms with Gasteiger partial charge in [0.15, 0.2) is 5.76 Å². The van der Waals surface area contributed by atoms with Gasteiger partial charge < -0.3 is 9.15 Å². The number of rotatable bonds is 8. The largest absolute Gasteiger partial charge is 0.433 e. The second-order valence-corrected chi connectivity index (χ2v) is 11.1. The van der Waals surface area contributed by atoms with Gasteiger partial charge in [0, 0.05) is 36.2 Å². The van der Waals surface area contributed by atoms with Crippen LogP contribution in [0.2, 0.25) is 0 Å². The molecule has 0 aliphatic carbocycles. The van der Waals surface area contributed by atoms with Crippen LogP contribution < -0.4 is 4.80 Å². The summed E-state index contributed by atoms with van der Waals surface area (Å²) in [4.78, 5) is 26.0. The summed E-state index contributed by atoms with van der Waals surface area (Å²) in [6, 6.07) is 14.6. The van der Waals surface area contributed by atoms with Crippen molar-refractivity contribution in [3.8, 4) is 11.3 Å². The van der Waals surface area contributed by atoms with Crippen molar-refractivity contribution in [1.82, 2.24) is 8.98 Å².